The van der Waals surface area contributed by atoms with Crippen LogP contribution in [0.15, 0.2) is 18.2 Å². The summed E-state index contributed by atoms with van der Waals surface area (Å²) in [7, 11) is 0. The van der Waals surface area contributed by atoms with Gasteiger partial charge in [0.1, 0.15) is 6.07 Å². The highest BCUT2D eigenvalue weighted by atomic mass is 15.0. The van der Waals surface area contributed by atoms with Crippen molar-refractivity contribution >= 4 is 5.69 Å². The highest BCUT2D eigenvalue weighted by Crippen LogP contribution is 2.39. The van der Waals surface area contributed by atoms with Crippen LogP contribution in [0.3, 0.4) is 0 Å². The molecule has 0 aromatic heterocycles. The minimum absolute atomic E-state index is 0.248. The van der Waals surface area contributed by atoms with Crippen LogP contribution in [0.25, 0.3) is 0 Å². The van der Waals surface area contributed by atoms with Crippen molar-refractivity contribution in [3.8, 4) is 6.07 Å². The molecule has 0 unspecified atom stereocenters. The molecule has 0 amide bonds. The van der Waals surface area contributed by atoms with Gasteiger partial charge in [0.15, 0.2) is 0 Å². The summed E-state index contributed by atoms with van der Waals surface area (Å²) in [6, 6.07) is 8.16. The highest BCUT2D eigenvalue weighted by molar-refractivity contribution is 5.63. The van der Waals surface area contributed by atoms with E-state index in [0.717, 1.165) is 17.7 Å². The predicted octanol–water partition coefficient (Wildman–Crippen LogP) is 3.61. The maximum absolute atomic E-state index is 9.11. The van der Waals surface area contributed by atoms with E-state index < -0.39 is 0 Å². The minimum atomic E-state index is 0.248. The molecule has 1 N–H and O–H groups in total. The zero-order chi connectivity index (χ0) is 11.6. The summed E-state index contributed by atoms with van der Waals surface area (Å²) in [6.07, 6.45) is 4.88. The molecule has 0 aliphatic heterocycles. The molecule has 2 heteroatoms. The van der Waals surface area contributed by atoms with Gasteiger partial charge in [0.05, 0.1) is 11.3 Å². The molecule has 1 aliphatic rings. The summed E-state index contributed by atoms with van der Waals surface area (Å²) in [6.45, 7) is 4.28. The Bertz CT molecular complexity index is 419. The van der Waals surface area contributed by atoms with E-state index in [4.69, 9.17) is 5.26 Å². The lowest BCUT2D eigenvalue weighted by molar-refractivity contribution is 0.269. The molecule has 0 atom stereocenters. The van der Waals surface area contributed by atoms with Gasteiger partial charge in [-0.1, -0.05) is 19.1 Å². The standard InChI is InChI=1S/C14H18N2/c1-3-14(8-5-9-14)16-13-11(2)6-4-7-12(13)10-15/h4,6-7,16H,3,5,8-9H2,1-2H3. The van der Waals surface area contributed by atoms with E-state index in [1.165, 1.54) is 24.8 Å². The van der Waals surface area contributed by atoms with E-state index in [1.54, 1.807) is 0 Å². The lowest BCUT2D eigenvalue weighted by Crippen LogP contribution is -2.44. The van der Waals surface area contributed by atoms with Crippen LogP contribution in [0.5, 0.6) is 0 Å². The molecular weight excluding hydrogens is 196 g/mol. The van der Waals surface area contributed by atoms with Crippen LogP contribution >= 0.6 is 0 Å². The van der Waals surface area contributed by atoms with Crippen LogP contribution in [0.1, 0.15) is 43.7 Å². The quantitative estimate of drug-likeness (QED) is 0.834. The lowest BCUT2D eigenvalue weighted by atomic mass is 9.74. The second-order valence-electron chi connectivity index (χ2n) is 4.72. The van der Waals surface area contributed by atoms with Crippen LogP contribution in [0.4, 0.5) is 5.69 Å². The topological polar surface area (TPSA) is 35.8 Å². The van der Waals surface area contributed by atoms with Crippen LogP contribution < -0.4 is 5.32 Å². The van der Waals surface area contributed by atoms with Gasteiger partial charge in [-0.2, -0.15) is 5.26 Å². The van der Waals surface area contributed by atoms with Gasteiger partial charge in [0.2, 0.25) is 0 Å². The van der Waals surface area contributed by atoms with Crippen molar-refractivity contribution in [3.05, 3.63) is 29.3 Å². The first-order valence-electron chi connectivity index (χ1n) is 5.99. The number of nitrogens with zero attached hydrogens (tertiary/aromatic N) is 1. The molecule has 1 fully saturated rings. The molecule has 0 heterocycles. The molecule has 1 aromatic rings. The average molecular weight is 214 g/mol. The minimum Gasteiger partial charge on any atom is -0.378 e. The second-order valence-corrected chi connectivity index (χ2v) is 4.72. The molecule has 0 bridgehead atoms. The Morgan fingerprint density at radius 1 is 1.44 bits per heavy atom. The smallest absolute Gasteiger partial charge is 0.101 e. The third-order valence-corrected chi connectivity index (χ3v) is 3.77. The van der Waals surface area contributed by atoms with E-state index in [9.17, 15) is 0 Å². The molecule has 1 saturated carbocycles. The fraction of sp³-hybridized carbons (Fsp3) is 0.500. The van der Waals surface area contributed by atoms with E-state index in [-0.39, 0.29) is 5.54 Å². The Balaban J connectivity index is 2.30. The third-order valence-electron chi connectivity index (χ3n) is 3.77. The Labute approximate surface area is 97.3 Å². The summed E-state index contributed by atoms with van der Waals surface area (Å²) in [5.41, 5.74) is 3.21. The molecule has 2 rings (SSSR count). The first kappa shape index (κ1) is 11.0. The number of nitriles is 1. The molecule has 1 aliphatic carbocycles. The Morgan fingerprint density at radius 3 is 2.69 bits per heavy atom. The van der Waals surface area contributed by atoms with Crippen molar-refractivity contribution in [3.63, 3.8) is 0 Å². The lowest BCUT2D eigenvalue weighted by Gasteiger charge is -2.43. The van der Waals surface area contributed by atoms with Crippen LogP contribution in [-0.4, -0.2) is 5.54 Å². The Morgan fingerprint density at radius 2 is 2.19 bits per heavy atom. The zero-order valence-electron chi connectivity index (χ0n) is 10.0. The molecule has 84 valence electrons. The monoisotopic (exact) mass is 214 g/mol. The maximum Gasteiger partial charge on any atom is 0.101 e. The fourth-order valence-electron chi connectivity index (χ4n) is 2.36. The number of rotatable bonds is 3. The van der Waals surface area contributed by atoms with E-state index in [1.807, 2.05) is 12.1 Å². The van der Waals surface area contributed by atoms with Gasteiger partial charge in [-0.15, -0.1) is 0 Å². The number of para-hydroxylation sites is 1. The van der Waals surface area contributed by atoms with Gasteiger partial charge in [0, 0.05) is 5.54 Å². The summed E-state index contributed by atoms with van der Waals surface area (Å²) >= 11 is 0. The van der Waals surface area contributed by atoms with Crippen molar-refractivity contribution in [2.75, 3.05) is 5.32 Å². The van der Waals surface area contributed by atoms with Crippen molar-refractivity contribution in [2.24, 2.45) is 0 Å². The summed E-state index contributed by atoms with van der Waals surface area (Å²) in [5, 5.41) is 12.7. The Hall–Kier alpha value is -1.49. The van der Waals surface area contributed by atoms with Crippen molar-refractivity contribution in [1.82, 2.24) is 0 Å². The molecule has 0 spiro atoms. The first-order chi connectivity index (χ1) is 7.71. The van der Waals surface area contributed by atoms with Crippen molar-refractivity contribution < 1.29 is 0 Å². The number of benzene rings is 1. The Kier molecular flexibility index (Phi) is 2.87. The maximum atomic E-state index is 9.11. The molecule has 0 saturated heterocycles. The number of aryl methyl sites for hydroxylation is 1. The zero-order valence-corrected chi connectivity index (χ0v) is 10.0. The normalized spacial score (nSPS) is 17.3. The van der Waals surface area contributed by atoms with Gasteiger partial charge in [0.25, 0.3) is 0 Å². The van der Waals surface area contributed by atoms with Crippen molar-refractivity contribution in [2.45, 2.75) is 45.1 Å². The summed E-state index contributed by atoms with van der Waals surface area (Å²) in [4.78, 5) is 0. The molecule has 16 heavy (non-hydrogen) atoms. The SMILES string of the molecule is CCC1(Nc2c(C)cccc2C#N)CCC1. The molecule has 1 aromatic carbocycles. The molecule has 2 nitrogen and oxygen atoms in total. The molecular formula is C14H18N2. The summed E-state index contributed by atoms with van der Waals surface area (Å²) in [5.74, 6) is 0. The van der Waals surface area contributed by atoms with Gasteiger partial charge < -0.3 is 5.32 Å². The number of hydrogen-bond donors (Lipinski definition) is 1. The van der Waals surface area contributed by atoms with Gasteiger partial charge in [-0.3, -0.25) is 0 Å². The van der Waals surface area contributed by atoms with Gasteiger partial charge in [-0.05, 0) is 44.2 Å². The number of anilines is 1. The fourth-order valence-corrected chi connectivity index (χ4v) is 2.36. The van der Waals surface area contributed by atoms with Crippen LogP contribution in [0.2, 0.25) is 0 Å². The average Bonchev–Trinajstić information content (AvgIpc) is 2.25. The van der Waals surface area contributed by atoms with E-state index >= 15 is 0 Å². The molecule has 0 radical (unpaired) electrons. The second kappa shape index (κ2) is 4.17. The van der Waals surface area contributed by atoms with Gasteiger partial charge >= 0.3 is 0 Å². The largest absolute Gasteiger partial charge is 0.378 e. The first-order valence-corrected chi connectivity index (χ1v) is 5.99. The van der Waals surface area contributed by atoms with Crippen LogP contribution in [-0.2, 0) is 0 Å². The van der Waals surface area contributed by atoms with E-state index in [0.29, 0.717) is 0 Å². The highest BCUT2D eigenvalue weighted by Gasteiger charge is 2.35. The summed E-state index contributed by atoms with van der Waals surface area (Å²) < 4.78 is 0. The predicted molar refractivity (Wildman–Crippen MR) is 66.4 cm³/mol. The van der Waals surface area contributed by atoms with Crippen molar-refractivity contribution in [1.29, 1.82) is 5.26 Å². The number of nitrogens with one attached hydrogen (secondary N) is 1. The van der Waals surface area contributed by atoms with Crippen LogP contribution in [0, 0.1) is 18.3 Å². The number of hydrogen-bond acceptors (Lipinski definition) is 2. The van der Waals surface area contributed by atoms with Gasteiger partial charge in [-0.25, -0.2) is 0 Å². The van der Waals surface area contributed by atoms with E-state index in [2.05, 4.69) is 31.3 Å². The third kappa shape index (κ3) is 1.78.